The lowest BCUT2D eigenvalue weighted by Crippen LogP contribution is -2.30. The molecule has 0 saturated heterocycles. The van der Waals surface area contributed by atoms with Crippen LogP contribution in [0.15, 0.2) is 10.3 Å². The van der Waals surface area contributed by atoms with Gasteiger partial charge in [0.05, 0.1) is 17.6 Å². The molecule has 1 aromatic rings. The normalized spacial score (nSPS) is 12.1. The summed E-state index contributed by atoms with van der Waals surface area (Å²) in [6.45, 7) is 4.08. The quantitative estimate of drug-likeness (QED) is 0.411. The van der Waals surface area contributed by atoms with Crippen molar-refractivity contribution in [2.45, 2.75) is 24.2 Å². The zero-order valence-corrected chi connectivity index (χ0v) is 13.5. The van der Waals surface area contributed by atoms with Crippen LogP contribution < -0.4 is 11.3 Å². The minimum absolute atomic E-state index is 0.00280. The standard InChI is InChI=1S/C10H18N4O5S2/c1-7(2)19-5-4-13(3)21(17,18)9-6-8(14(15)16)10(12-11)20-9/h6-7,12H,4-5,11H2,1-3H3. The molecule has 120 valence electrons. The van der Waals surface area contributed by atoms with Crippen LogP contribution in [0.1, 0.15) is 13.8 Å². The summed E-state index contributed by atoms with van der Waals surface area (Å²) < 4.78 is 30.8. The average molecular weight is 338 g/mol. The molecule has 21 heavy (non-hydrogen) atoms. The Balaban J connectivity index is 2.94. The van der Waals surface area contributed by atoms with Gasteiger partial charge in [0, 0.05) is 19.7 Å². The van der Waals surface area contributed by atoms with Crippen molar-refractivity contribution in [3.8, 4) is 0 Å². The topological polar surface area (TPSA) is 128 Å². The molecule has 0 aliphatic rings. The molecule has 0 amide bonds. The molecule has 0 aliphatic carbocycles. The van der Waals surface area contributed by atoms with E-state index >= 15 is 0 Å². The number of nitro groups is 1. The number of anilines is 1. The highest BCUT2D eigenvalue weighted by Crippen LogP contribution is 2.37. The van der Waals surface area contributed by atoms with Gasteiger partial charge in [0.25, 0.3) is 10.0 Å². The lowest BCUT2D eigenvalue weighted by atomic mass is 10.5. The van der Waals surface area contributed by atoms with Crippen molar-refractivity contribution in [1.29, 1.82) is 0 Å². The number of ether oxygens (including phenoxy) is 1. The second-order valence-electron chi connectivity index (χ2n) is 4.43. The molecule has 0 fully saturated rings. The molecule has 1 aromatic heterocycles. The van der Waals surface area contributed by atoms with E-state index in [1.54, 1.807) is 0 Å². The van der Waals surface area contributed by atoms with E-state index in [1.807, 2.05) is 13.8 Å². The summed E-state index contributed by atoms with van der Waals surface area (Å²) in [5, 5.41) is 10.8. The maximum Gasteiger partial charge on any atom is 0.306 e. The Morgan fingerprint density at radius 2 is 2.19 bits per heavy atom. The Morgan fingerprint density at radius 1 is 1.57 bits per heavy atom. The van der Waals surface area contributed by atoms with Crippen LogP contribution in [0.2, 0.25) is 0 Å². The zero-order chi connectivity index (χ0) is 16.2. The number of hydrazine groups is 1. The van der Waals surface area contributed by atoms with E-state index < -0.39 is 14.9 Å². The van der Waals surface area contributed by atoms with E-state index in [2.05, 4.69) is 5.43 Å². The number of nitrogens with two attached hydrogens (primary N) is 1. The second-order valence-corrected chi connectivity index (χ2v) is 7.75. The third-order valence-corrected chi connectivity index (χ3v) is 5.90. The maximum absolute atomic E-state index is 12.3. The number of rotatable bonds is 8. The van der Waals surface area contributed by atoms with Gasteiger partial charge in [0.15, 0.2) is 5.00 Å². The van der Waals surface area contributed by atoms with E-state index in [0.717, 1.165) is 10.4 Å². The number of hydrogen-bond acceptors (Lipinski definition) is 8. The molecule has 11 heteroatoms. The fraction of sp³-hybridized carbons (Fsp3) is 0.600. The molecule has 0 aliphatic heterocycles. The summed E-state index contributed by atoms with van der Waals surface area (Å²) in [5.74, 6) is 5.16. The number of sulfonamides is 1. The molecule has 0 unspecified atom stereocenters. The van der Waals surface area contributed by atoms with Crippen molar-refractivity contribution in [2.24, 2.45) is 5.84 Å². The van der Waals surface area contributed by atoms with E-state index in [9.17, 15) is 18.5 Å². The molecule has 3 N–H and O–H groups in total. The van der Waals surface area contributed by atoms with Gasteiger partial charge in [-0.3, -0.25) is 10.1 Å². The van der Waals surface area contributed by atoms with Gasteiger partial charge in [-0.2, -0.15) is 4.31 Å². The summed E-state index contributed by atoms with van der Waals surface area (Å²) in [5.41, 5.74) is 1.77. The van der Waals surface area contributed by atoms with Gasteiger partial charge >= 0.3 is 5.69 Å². The number of nitrogens with one attached hydrogen (secondary N) is 1. The van der Waals surface area contributed by atoms with Crippen molar-refractivity contribution in [1.82, 2.24) is 4.31 Å². The number of hydrogen-bond donors (Lipinski definition) is 2. The van der Waals surface area contributed by atoms with Gasteiger partial charge < -0.3 is 10.2 Å². The van der Waals surface area contributed by atoms with Crippen molar-refractivity contribution < 1.29 is 18.1 Å². The third kappa shape index (κ3) is 4.35. The van der Waals surface area contributed by atoms with Crippen LogP contribution in [0.3, 0.4) is 0 Å². The van der Waals surface area contributed by atoms with Crippen molar-refractivity contribution in [3.63, 3.8) is 0 Å². The molecular formula is C10H18N4O5S2. The smallest absolute Gasteiger partial charge is 0.306 e. The van der Waals surface area contributed by atoms with Crippen LogP contribution in [0, 0.1) is 10.1 Å². The number of thiophene rings is 1. The van der Waals surface area contributed by atoms with Crippen LogP contribution in [-0.2, 0) is 14.8 Å². The van der Waals surface area contributed by atoms with E-state index in [1.165, 1.54) is 7.05 Å². The van der Waals surface area contributed by atoms with Crippen LogP contribution >= 0.6 is 11.3 Å². The summed E-state index contributed by atoms with van der Waals surface area (Å²) in [6.07, 6.45) is -0.00280. The largest absolute Gasteiger partial charge is 0.377 e. The first-order valence-electron chi connectivity index (χ1n) is 6.03. The van der Waals surface area contributed by atoms with E-state index in [0.29, 0.717) is 11.3 Å². The lowest BCUT2D eigenvalue weighted by molar-refractivity contribution is -0.383. The first-order chi connectivity index (χ1) is 9.70. The molecule has 0 atom stereocenters. The highest BCUT2D eigenvalue weighted by Gasteiger charge is 2.28. The fourth-order valence-electron chi connectivity index (χ4n) is 1.42. The molecule has 9 nitrogen and oxygen atoms in total. The summed E-state index contributed by atoms with van der Waals surface area (Å²) >= 11 is 0.715. The van der Waals surface area contributed by atoms with Gasteiger partial charge in [-0.25, -0.2) is 14.3 Å². The Labute approximate surface area is 126 Å². The van der Waals surface area contributed by atoms with Crippen LogP contribution in [0.5, 0.6) is 0 Å². The van der Waals surface area contributed by atoms with E-state index in [-0.39, 0.29) is 34.2 Å². The highest BCUT2D eigenvalue weighted by molar-refractivity contribution is 7.91. The lowest BCUT2D eigenvalue weighted by Gasteiger charge is -2.16. The predicted molar refractivity (Wildman–Crippen MR) is 79.7 cm³/mol. The van der Waals surface area contributed by atoms with E-state index in [4.69, 9.17) is 10.6 Å². The Kier molecular flexibility index (Phi) is 6.04. The van der Waals surface area contributed by atoms with Gasteiger partial charge in [-0.1, -0.05) is 11.3 Å². The van der Waals surface area contributed by atoms with Crippen LogP contribution in [-0.4, -0.2) is 43.9 Å². The second kappa shape index (κ2) is 7.13. The van der Waals surface area contributed by atoms with Gasteiger partial charge in [0.1, 0.15) is 4.21 Å². The molecule has 0 aromatic carbocycles. The van der Waals surface area contributed by atoms with Gasteiger partial charge in [0.2, 0.25) is 0 Å². The minimum Gasteiger partial charge on any atom is -0.377 e. The molecular weight excluding hydrogens is 320 g/mol. The molecule has 1 rings (SSSR count). The average Bonchev–Trinajstić information content (AvgIpc) is 2.82. The number of likely N-dealkylation sites (N-methyl/N-ethyl adjacent to an activating group) is 1. The summed E-state index contributed by atoms with van der Waals surface area (Å²) in [4.78, 5) is 10.1. The summed E-state index contributed by atoms with van der Waals surface area (Å²) in [7, 11) is -2.42. The van der Waals surface area contributed by atoms with Crippen molar-refractivity contribution >= 4 is 32.0 Å². The minimum atomic E-state index is -3.81. The fourth-order valence-corrected chi connectivity index (χ4v) is 4.02. The third-order valence-electron chi connectivity index (χ3n) is 2.54. The number of nitrogen functional groups attached to an aromatic ring is 1. The Bertz CT molecular complexity index is 599. The molecule has 1 heterocycles. The molecule has 0 radical (unpaired) electrons. The molecule has 0 bridgehead atoms. The zero-order valence-electron chi connectivity index (χ0n) is 11.9. The Morgan fingerprint density at radius 3 is 2.62 bits per heavy atom. The van der Waals surface area contributed by atoms with Crippen molar-refractivity contribution in [3.05, 3.63) is 16.2 Å². The molecule has 0 spiro atoms. The monoisotopic (exact) mass is 338 g/mol. The summed E-state index contributed by atoms with van der Waals surface area (Å²) in [6, 6.07) is 0.995. The van der Waals surface area contributed by atoms with Crippen LogP contribution in [0.25, 0.3) is 0 Å². The maximum atomic E-state index is 12.3. The van der Waals surface area contributed by atoms with Crippen molar-refractivity contribution in [2.75, 3.05) is 25.6 Å². The predicted octanol–water partition coefficient (Wildman–Crippen LogP) is 0.987. The van der Waals surface area contributed by atoms with Gasteiger partial charge in [-0.05, 0) is 13.8 Å². The van der Waals surface area contributed by atoms with Gasteiger partial charge in [-0.15, -0.1) is 0 Å². The Hall–Kier alpha value is -1.27. The molecule has 0 saturated carbocycles. The first-order valence-corrected chi connectivity index (χ1v) is 8.28. The van der Waals surface area contributed by atoms with Crippen LogP contribution in [0.4, 0.5) is 10.7 Å². The SMILES string of the molecule is CC(C)OCCN(C)S(=O)(=O)c1cc([N+](=O)[O-])c(NN)s1. The number of nitrogens with zero attached hydrogens (tertiary/aromatic N) is 2. The highest BCUT2D eigenvalue weighted by atomic mass is 32.2. The first kappa shape index (κ1) is 17.8.